The lowest BCUT2D eigenvalue weighted by atomic mass is 9.97. The van der Waals surface area contributed by atoms with Crippen molar-refractivity contribution in [2.75, 3.05) is 6.61 Å². The second kappa shape index (κ2) is 4.86. The van der Waals surface area contributed by atoms with Crippen LogP contribution >= 0.6 is 15.9 Å². The number of rotatable bonds is 4. The number of benzene rings is 1. The van der Waals surface area contributed by atoms with Crippen molar-refractivity contribution >= 4 is 15.9 Å². The molecule has 3 heteroatoms. The largest absolute Gasteiger partial charge is 0.494 e. The van der Waals surface area contributed by atoms with Gasteiger partial charge in [-0.1, -0.05) is 22.4 Å². The third-order valence-electron chi connectivity index (χ3n) is 4.52. The lowest BCUT2D eigenvalue weighted by Gasteiger charge is -2.18. The van der Waals surface area contributed by atoms with Crippen LogP contribution in [0.3, 0.4) is 0 Å². The number of hydrogen-bond donors (Lipinski definition) is 1. The van der Waals surface area contributed by atoms with Crippen molar-refractivity contribution in [1.82, 2.24) is 0 Å². The van der Waals surface area contributed by atoms with Crippen LogP contribution in [0.5, 0.6) is 5.75 Å². The van der Waals surface area contributed by atoms with E-state index in [9.17, 15) is 0 Å². The van der Waals surface area contributed by atoms with Gasteiger partial charge >= 0.3 is 0 Å². The highest BCUT2D eigenvalue weighted by Crippen LogP contribution is 2.62. The zero-order valence-electron chi connectivity index (χ0n) is 10.7. The van der Waals surface area contributed by atoms with E-state index in [-0.39, 0.29) is 6.04 Å². The molecule has 2 aliphatic rings. The topological polar surface area (TPSA) is 35.2 Å². The van der Waals surface area contributed by atoms with Gasteiger partial charge < -0.3 is 10.5 Å². The summed E-state index contributed by atoms with van der Waals surface area (Å²) in [5.41, 5.74) is 7.66. The van der Waals surface area contributed by atoms with E-state index < -0.39 is 0 Å². The highest BCUT2D eigenvalue weighted by Gasteiger charge is 2.55. The average molecular weight is 310 g/mol. The zero-order chi connectivity index (χ0) is 12.7. The Balaban J connectivity index is 1.84. The van der Waals surface area contributed by atoms with Crippen molar-refractivity contribution in [2.24, 2.45) is 23.5 Å². The zero-order valence-corrected chi connectivity index (χ0v) is 12.3. The molecule has 0 heterocycles. The molecule has 2 saturated carbocycles. The van der Waals surface area contributed by atoms with E-state index in [1.54, 1.807) is 0 Å². The minimum absolute atomic E-state index is 0.138. The lowest BCUT2D eigenvalue weighted by Crippen LogP contribution is -2.17. The van der Waals surface area contributed by atoms with Gasteiger partial charge in [-0.25, -0.2) is 0 Å². The van der Waals surface area contributed by atoms with E-state index in [4.69, 9.17) is 10.5 Å². The fourth-order valence-corrected chi connectivity index (χ4v) is 4.06. The van der Waals surface area contributed by atoms with Crippen molar-refractivity contribution in [1.29, 1.82) is 0 Å². The fraction of sp³-hybridized carbons (Fsp3) is 0.600. The van der Waals surface area contributed by atoms with Crippen molar-refractivity contribution in [3.8, 4) is 5.75 Å². The smallest absolute Gasteiger partial charge is 0.124 e. The molecule has 0 spiro atoms. The monoisotopic (exact) mass is 309 g/mol. The van der Waals surface area contributed by atoms with Crippen LogP contribution in [-0.4, -0.2) is 6.61 Å². The van der Waals surface area contributed by atoms with E-state index in [0.29, 0.717) is 12.5 Å². The summed E-state index contributed by atoms with van der Waals surface area (Å²) in [6, 6.07) is 6.32. The second-order valence-electron chi connectivity index (χ2n) is 5.48. The van der Waals surface area contributed by atoms with Gasteiger partial charge in [0.1, 0.15) is 5.75 Å². The first-order chi connectivity index (χ1) is 8.72. The number of halogens is 1. The van der Waals surface area contributed by atoms with Crippen LogP contribution in [-0.2, 0) is 0 Å². The van der Waals surface area contributed by atoms with Crippen LogP contribution in [0.2, 0.25) is 0 Å². The molecule has 0 aliphatic heterocycles. The lowest BCUT2D eigenvalue weighted by molar-refractivity contribution is 0.331. The highest BCUT2D eigenvalue weighted by atomic mass is 79.9. The Hall–Kier alpha value is -0.540. The van der Waals surface area contributed by atoms with Crippen LogP contribution in [0.1, 0.15) is 37.8 Å². The van der Waals surface area contributed by atoms with Gasteiger partial charge in [0.15, 0.2) is 0 Å². The van der Waals surface area contributed by atoms with Gasteiger partial charge in [-0.2, -0.15) is 0 Å². The Morgan fingerprint density at radius 1 is 1.39 bits per heavy atom. The minimum atomic E-state index is 0.138. The standard InChI is InChI=1S/C15H20BrNO/c1-2-18-13-7-6-9(16)8-12(13)15(17)14-10-4-3-5-11(10)14/h6-8,10-11,14-15H,2-5,17H2,1H3. The maximum absolute atomic E-state index is 6.49. The first kappa shape index (κ1) is 12.5. The number of fused-ring (bicyclic) bond motifs is 1. The van der Waals surface area contributed by atoms with E-state index in [0.717, 1.165) is 22.1 Å². The molecule has 0 radical (unpaired) electrons. The summed E-state index contributed by atoms with van der Waals surface area (Å²) >= 11 is 3.54. The summed E-state index contributed by atoms with van der Waals surface area (Å²) in [7, 11) is 0. The summed E-state index contributed by atoms with van der Waals surface area (Å²) < 4.78 is 6.80. The molecule has 2 fully saturated rings. The highest BCUT2D eigenvalue weighted by molar-refractivity contribution is 9.10. The van der Waals surface area contributed by atoms with Crippen LogP contribution in [0.4, 0.5) is 0 Å². The molecule has 0 amide bonds. The van der Waals surface area contributed by atoms with Crippen molar-refractivity contribution < 1.29 is 4.74 Å². The quantitative estimate of drug-likeness (QED) is 0.915. The Kier molecular flexibility index (Phi) is 3.37. The van der Waals surface area contributed by atoms with E-state index in [2.05, 4.69) is 22.0 Å². The van der Waals surface area contributed by atoms with Crippen LogP contribution < -0.4 is 10.5 Å². The van der Waals surface area contributed by atoms with Gasteiger partial charge in [-0.3, -0.25) is 0 Å². The van der Waals surface area contributed by atoms with E-state index in [1.165, 1.54) is 24.8 Å². The first-order valence-electron chi connectivity index (χ1n) is 6.90. The number of hydrogen-bond acceptors (Lipinski definition) is 2. The van der Waals surface area contributed by atoms with E-state index in [1.807, 2.05) is 19.1 Å². The van der Waals surface area contributed by atoms with Gasteiger partial charge in [0.2, 0.25) is 0 Å². The molecular formula is C15H20BrNO. The molecule has 2 nitrogen and oxygen atoms in total. The molecule has 1 aromatic carbocycles. The van der Waals surface area contributed by atoms with Gasteiger partial charge in [-0.05, 0) is 55.7 Å². The van der Waals surface area contributed by atoms with Crippen molar-refractivity contribution in [2.45, 2.75) is 32.2 Å². The molecular weight excluding hydrogens is 290 g/mol. The van der Waals surface area contributed by atoms with Gasteiger partial charge in [-0.15, -0.1) is 0 Å². The van der Waals surface area contributed by atoms with Gasteiger partial charge in [0.05, 0.1) is 6.61 Å². The van der Waals surface area contributed by atoms with Crippen molar-refractivity contribution in [3.63, 3.8) is 0 Å². The van der Waals surface area contributed by atoms with Gasteiger partial charge in [0, 0.05) is 16.1 Å². The molecule has 2 aliphatic carbocycles. The molecule has 0 saturated heterocycles. The molecule has 0 aromatic heterocycles. The SMILES string of the molecule is CCOc1ccc(Br)cc1C(N)C1C2CCCC21. The summed E-state index contributed by atoms with van der Waals surface area (Å²) in [5, 5.41) is 0. The molecule has 1 aromatic rings. The molecule has 2 N–H and O–H groups in total. The Morgan fingerprint density at radius 2 is 2.11 bits per heavy atom. The fourth-order valence-electron chi connectivity index (χ4n) is 3.68. The van der Waals surface area contributed by atoms with Crippen LogP contribution in [0, 0.1) is 17.8 Å². The van der Waals surface area contributed by atoms with Crippen LogP contribution in [0.25, 0.3) is 0 Å². The normalized spacial score (nSPS) is 30.9. The molecule has 0 bridgehead atoms. The number of ether oxygens (including phenoxy) is 1. The third kappa shape index (κ3) is 2.08. The summed E-state index contributed by atoms with van der Waals surface area (Å²) in [6.07, 6.45) is 4.15. The summed E-state index contributed by atoms with van der Waals surface area (Å²) in [4.78, 5) is 0. The molecule has 3 unspecified atom stereocenters. The Morgan fingerprint density at radius 3 is 2.78 bits per heavy atom. The van der Waals surface area contributed by atoms with Crippen molar-refractivity contribution in [3.05, 3.63) is 28.2 Å². The predicted molar refractivity (Wildman–Crippen MR) is 76.6 cm³/mol. The summed E-state index contributed by atoms with van der Waals surface area (Å²) in [6.45, 7) is 2.71. The van der Waals surface area contributed by atoms with Gasteiger partial charge in [0.25, 0.3) is 0 Å². The van der Waals surface area contributed by atoms with Crippen LogP contribution in [0.15, 0.2) is 22.7 Å². The predicted octanol–water partition coefficient (Wildman–Crippen LogP) is 3.89. The summed E-state index contributed by atoms with van der Waals surface area (Å²) in [5.74, 6) is 3.41. The second-order valence-corrected chi connectivity index (χ2v) is 6.39. The minimum Gasteiger partial charge on any atom is -0.494 e. The number of nitrogens with two attached hydrogens (primary N) is 1. The maximum Gasteiger partial charge on any atom is 0.124 e. The Bertz CT molecular complexity index is 438. The molecule has 3 atom stereocenters. The average Bonchev–Trinajstić information content (AvgIpc) is 2.84. The molecule has 98 valence electrons. The molecule has 18 heavy (non-hydrogen) atoms. The third-order valence-corrected chi connectivity index (χ3v) is 5.01. The molecule has 3 rings (SSSR count). The van der Waals surface area contributed by atoms with E-state index >= 15 is 0 Å². The Labute approximate surface area is 117 Å². The first-order valence-corrected chi connectivity index (χ1v) is 7.69. The maximum atomic E-state index is 6.49.